The van der Waals surface area contributed by atoms with E-state index < -0.39 is 0 Å². The molecule has 0 aliphatic rings. The Morgan fingerprint density at radius 1 is 1.16 bits per heavy atom. The highest BCUT2D eigenvalue weighted by molar-refractivity contribution is 9.10. The zero-order valence-corrected chi connectivity index (χ0v) is 12.9. The maximum atomic E-state index is 5.69. The first-order valence-electron chi connectivity index (χ1n) is 6.35. The number of anilines is 1. The summed E-state index contributed by atoms with van der Waals surface area (Å²) in [6.45, 7) is 3.61. The molecule has 3 heteroatoms. The third-order valence-electron chi connectivity index (χ3n) is 3.31. The van der Waals surface area contributed by atoms with Gasteiger partial charge in [-0.05, 0) is 47.9 Å². The Labute approximate surface area is 123 Å². The van der Waals surface area contributed by atoms with E-state index in [1.165, 1.54) is 16.8 Å². The van der Waals surface area contributed by atoms with Crippen LogP contribution in [-0.2, 0) is 13.1 Å². The van der Waals surface area contributed by atoms with E-state index in [-0.39, 0.29) is 0 Å². The van der Waals surface area contributed by atoms with Crippen molar-refractivity contribution in [3.8, 4) is 0 Å². The lowest BCUT2D eigenvalue weighted by atomic mass is 10.1. The molecule has 0 unspecified atom stereocenters. The summed E-state index contributed by atoms with van der Waals surface area (Å²) in [6, 6.07) is 14.8. The van der Waals surface area contributed by atoms with Crippen LogP contribution in [0.15, 0.2) is 46.9 Å². The van der Waals surface area contributed by atoms with Gasteiger partial charge in [-0.2, -0.15) is 0 Å². The largest absolute Gasteiger partial charge is 0.370 e. The molecule has 2 N–H and O–H groups in total. The Balaban J connectivity index is 2.20. The van der Waals surface area contributed by atoms with Gasteiger partial charge in [0.05, 0.1) is 0 Å². The molecular weight excluding hydrogens is 300 g/mol. The fraction of sp³-hybridized carbons (Fsp3) is 0.250. The van der Waals surface area contributed by atoms with Gasteiger partial charge in [0.25, 0.3) is 0 Å². The molecule has 0 saturated carbocycles. The van der Waals surface area contributed by atoms with E-state index in [0.717, 1.165) is 16.6 Å². The van der Waals surface area contributed by atoms with Crippen LogP contribution in [0.1, 0.15) is 16.7 Å². The molecule has 0 aliphatic heterocycles. The van der Waals surface area contributed by atoms with Gasteiger partial charge in [0.1, 0.15) is 0 Å². The van der Waals surface area contributed by atoms with Gasteiger partial charge in [0.15, 0.2) is 0 Å². The monoisotopic (exact) mass is 318 g/mol. The maximum absolute atomic E-state index is 5.69. The van der Waals surface area contributed by atoms with Gasteiger partial charge in [0, 0.05) is 30.3 Å². The Kier molecular flexibility index (Phi) is 4.61. The molecule has 0 fully saturated rings. The Morgan fingerprint density at radius 2 is 1.95 bits per heavy atom. The lowest BCUT2D eigenvalue weighted by molar-refractivity contribution is 0.910. The quantitative estimate of drug-likeness (QED) is 0.927. The smallest absolute Gasteiger partial charge is 0.0429 e. The third kappa shape index (κ3) is 3.58. The van der Waals surface area contributed by atoms with Gasteiger partial charge in [-0.1, -0.05) is 34.1 Å². The minimum absolute atomic E-state index is 0.581. The average molecular weight is 319 g/mol. The van der Waals surface area contributed by atoms with Crippen LogP contribution in [0.5, 0.6) is 0 Å². The van der Waals surface area contributed by atoms with E-state index in [1.54, 1.807) is 0 Å². The summed E-state index contributed by atoms with van der Waals surface area (Å²) in [5, 5.41) is 0. The van der Waals surface area contributed by atoms with Crippen molar-refractivity contribution in [3.63, 3.8) is 0 Å². The van der Waals surface area contributed by atoms with Crippen LogP contribution in [0.2, 0.25) is 0 Å². The minimum Gasteiger partial charge on any atom is -0.370 e. The first-order chi connectivity index (χ1) is 9.10. The van der Waals surface area contributed by atoms with Crippen molar-refractivity contribution in [2.24, 2.45) is 5.73 Å². The van der Waals surface area contributed by atoms with Crippen molar-refractivity contribution in [1.82, 2.24) is 0 Å². The van der Waals surface area contributed by atoms with E-state index in [9.17, 15) is 0 Å². The SMILES string of the molecule is Cc1ccc(Br)cc1CN(C)c1cccc(CN)c1. The molecule has 0 amide bonds. The topological polar surface area (TPSA) is 29.3 Å². The first kappa shape index (κ1) is 14.1. The van der Waals surface area contributed by atoms with E-state index in [2.05, 4.69) is 77.3 Å². The van der Waals surface area contributed by atoms with Crippen LogP contribution in [0.4, 0.5) is 5.69 Å². The first-order valence-corrected chi connectivity index (χ1v) is 7.14. The molecule has 0 atom stereocenters. The van der Waals surface area contributed by atoms with Gasteiger partial charge in [-0.15, -0.1) is 0 Å². The van der Waals surface area contributed by atoms with E-state index in [0.29, 0.717) is 6.54 Å². The van der Waals surface area contributed by atoms with Crippen LogP contribution in [0.3, 0.4) is 0 Å². The predicted octanol–water partition coefficient (Wildman–Crippen LogP) is 3.85. The summed E-state index contributed by atoms with van der Waals surface area (Å²) in [6.07, 6.45) is 0. The van der Waals surface area contributed by atoms with Gasteiger partial charge < -0.3 is 10.6 Å². The summed E-state index contributed by atoms with van der Waals surface area (Å²) in [5.41, 5.74) is 10.7. The number of aryl methyl sites for hydroxylation is 1. The van der Waals surface area contributed by atoms with Crippen LogP contribution in [0, 0.1) is 6.92 Å². The molecule has 2 rings (SSSR count). The third-order valence-corrected chi connectivity index (χ3v) is 3.80. The second kappa shape index (κ2) is 6.22. The Hall–Kier alpha value is -1.32. The Morgan fingerprint density at radius 3 is 2.68 bits per heavy atom. The van der Waals surface area contributed by atoms with Crippen LogP contribution >= 0.6 is 15.9 Å². The number of rotatable bonds is 4. The number of nitrogens with two attached hydrogens (primary N) is 1. The van der Waals surface area contributed by atoms with Gasteiger partial charge >= 0.3 is 0 Å². The lowest BCUT2D eigenvalue weighted by Crippen LogP contribution is -2.17. The highest BCUT2D eigenvalue weighted by Gasteiger charge is 2.05. The maximum Gasteiger partial charge on any atom is 0.0429 e. The minimum atomic E-state index is 0.581. The molecular formula is C16H19BrN2. The van der Waals surface area contributed by atoms with E-state index in [4.69, 9.17) is 5.73 Å². The van der Waals surface area contributed by atoms with E-state index in [1.807, 2.05) is 0 Å². The van der Waals surface area contributed by atoms with Crippen LogP contribution in [0.25, 0.3) is 0 Å². The van der Waals surface area contributed by atoms with E-state index >= 15 is 0 Å². The van der Waals surface area contributed by atoms with Crippen LogP contribution < -0.4 is 10.6 Å². The summed E-state index contributed by atoms with van der Waals surface area (Å²) in [4.78, 5) is 2.24. The molecule has 0 radical (unpaired) electrons. The molecule has 0 aromatic heterocycles. The predicted molar refractivity (Wildman–Crippen MR) is 85.3 cm³/mol. The second-order valence-electron chi connectivity index (χ2n) is 4.80. The molecule has 0 spiro atoms. The van der Waals surface area contributed by atoms with Gasteiger partial charge in [-0.25, -0.2) is 0 Å². The van der Waals surface area contributed by atoms with Crippen molar-refractivity contribution in [3.05, 3.63) is 63.6 Å². The fourth-order valence-electron chi connectivity index (χ4n) is 2.08. The van der Waals surface area contributed by atoms with Gasteiger partial charge in [-0.3, -0.25) is 0 Å². The molecule has 2 nitrogen and oxygen atoms in total. The average Bonchev–Trinajstić information content (AvgIpc) is 2.43. The van der Waals surface area contributed by atoms with Crippen molar-refractivity contribution in [2.75, 3.05) is 11.9 Å². The zero-order chi connectivity index (χ0) is 13.8. The Bertz CT molecular complexity index is 566. The summed E-state index contributed by atoms with van der Waals surface area (Å²) >= 11 is 3.53. The standard InChI is InChI=1S/C16H19BrN2/c1-12-6-7-15(17)9-14(12)11-19(2)16-5-3-4-13(8-16)10-18/h3-9H,10-11,18H2,1-2H3. The molecule has 100 valence electrons. The van der Waals surface area contributed by atoms with Crippen molar-refractivity contribution >= 4 is 21.6 Å². The van der Waals surface area contributed by atoms with Gasteiger partial charge in [0.2, 0.25) is 0 Å². The number of hydrogen-bond donors (Lipinski definition) is 1. The summed E-state index contributed by atoms with van der Waals surface area (Å²) < 4.78 is 1.12. The number of hydrogen-bond acceptors (Lipinski definition) is 2. The second-order valence-corrected chi connectivity index (χ2v) is 5.72. The van der Waals surface area contributed by atoms with Crippen molar-refractivity contribution < 1.29 is 0 Å². The van der Waals surface area contributed by atoms with Crippen LogP contribution in [-0.4, -0.2) is 7.05 Å². The fourth-order valence-corrected chi connectivity index (χ4v) is 2.49. The van der Waals surface area contributed by atoms with Crippen molar-refractivity contribution in [2.45, 2.75) is 20.0 Å². The molecule has 0 saturated heterocycles. The number of benzene rings is 2. The summed E-state index contributed by atoms with van der Waals surface area (Å²) in [7, 11) is 2.11. The molecule has 0 heterocycles. The molecule has 2 aromatic carbocycles. The molecule has 0 bridgehead atoms. The van der Waals surface area contributed by atoms with Crippen molar-refractivity contribution in [1.29, 1.82) is 0 Å². The zero-order valence-electron chi connectivity index (χ0n) is 11.4. The lowest BCUT2D eigenvalue weighted by Gasteiger charge is -2.21. The normalized spacial score (nSPS) is 10.5. The highest BCUT2D eigenvalue weighted by Crippen LogP contribution is 2.21. The highest BCUT2D eigenvalue weighted by atomic mass is 79.9. The summed E-state index contributed by atoms with van der Waals surface area (Å²) in [5.74, 6) is 0. The molecule has 19 heavy (non-hydrogen) atoms. The molecule has 0 aliphatic carbocycles. The number of halogens is 1. The molecule has 2 aromatic rings. The number of nitrogens with zero attached hydrogens (tertiary/aromatic N) is 1.